The Morgan fingerprint density at radius 3 is 2.59 bits per heavy atom. The lowest BCUT2D eigenvalue weighted by atomic mass is 10.1. The van der Waals surface area contributed by atoms with Gasteiger partial charge in [-0.15, -0.1) is 0 Å². The number of hydrogen-bond acceptors (Lipinski definition) is 6. The fourth-order valence-corrected chi connectivity index (χ4v) is 3.13. The van der Waals surface area contributed by atoms with Crippen molar-refractivity contribution >= 4 is 17.5 Å². The van der Waals surface area contributed by atoms with Crippen LogP contribution in [0.25, 0.3) is 22.8 Å². The van der Waals surface area contributed by atoms with Crippen molar-refractivity contribution < 1.29 is 18.8 Å². The number of morpholine rings is 1. The minimum atomic E-state index is -0.157. The summed E-state index contributed by atoms with van der Waals surface area (Å²) >= 11 is 0. The number of nitrogens with zero attached hydrogens (tertiary/aromatic N) is 3. The lowest BCUT2D eigenvalue weighted by molar-refractivity contribution is -0.114. The summed E-state index contributed by atoms with van der Waals surface area (Å²) in [6, 6.07) is 14.3. The van der Waals surface area contributed by atoms with Crippen LogP contribution in [0.4, 0.5) is 5.69 Å². The number of rotatable bonds is 4. The second-order valence-electron chi connectivity index (χ2n) is 6.67. The van der Waals surface area contributed by atoms with Crippen molar-refractivity contribution in [3.05, 3.63) is 54.1 Å². The average Bonchev–Trinajstić information content (AvgIpc) is 3.24. The molecule has 1 aromatic heterocycles. The van der Waals surface area contributed by atoms with Crippen LogP contribution in [-0.4, -0.2) is 53.2 Å². The molecule has 8 nitrogen and oxygen atoms in total. The smallest absolute Gasteiger partial charge is 0.258 e. The van der Waals surface area contributed by atoms with Gasteiger partial charge in [0.15, 0.2) is 0 Å². The molecule has 1 aliphatic heterocycles. The van der Waals surface area contributed by atoms with Gasteiger partial charge in [0, 0.05) is 42.4 Å². The Kier molecular flexibility index (Phi) is 5.35. The molecule has 2 amide bonds. The topological polar surface area (TPSA) is 97.6 Å². The monoisotopic (exact) mass is 392 g/mol. The van der Waals surface area contributed by atoms with Crippen molar-refractivity contribution in [2.45, 2.75) is 6.92 Å². The first kappa shape index (κ1) is 18.8. The van der Waals surface area contributed by atoms with Crippen molar-refractivity contribution in [1.29, 1.82) is 0 Å². The third kappa shape index (κ3) is 4.33. The van der Waals surface area contributed by atoms with E-state index in [4.69, 9.17) is 9.26 Å². The zero-order valence-electron chi connectivity index (χ0n) is 15.9. The summed E-state index contributed by atoms with van der Waals surface area (Å²) in [6.07, 6.45) is 0. The summed E-state index contributed by atoms with van der Waals surface area (Å²) in [6.45, 7) is 3.72. The minimum absolute atomic E-state index is 0.0399. The number of amides is 2. The Balaban J connectivity index is 1.57. The van der Waals surface area contributed by atoms with E-state index < -0.39 is 0 Å². The molecular weight excluding hydrogens is 372 g/mol. The third-order valence-corrected chi connectivity index (χ3v) is 4.52. The van der Waals surface area contributed by atoms with Crippen LogP contribution >= 0.6 is 0 Å². The number of carbonyl (C=O) groups excluding carboxylic acids is 2. The van der Waals surface area contributed by atoms with E-state index in [0.717, 1.165) is 0 Å². The minimum Gasteiger partial charge on any atom is -0.378 e. The molecule has 1 saturated heterocycles. The molecule has 0 unspecified atom stereocenters. The van der Waals surface area contributed by atoms with Gasteiger partial charge in [0.2, 0.25) is 11.7 Å². The zero-order chi connectivity index (χ0) is 20.2. The fourth-order valence-electron chi connectivity index (χ4n) is 3.13. The molecule has 8 heteroatoms. The van der Waals surface area contributed by atoms with E-state index in [1.807, 2.05) is 12.1 Å². The molecule has 0 spiro atoms. The van der Waals surface area contributed by atoms with Gasteiger partial charge >= 0.3 is 0 Å². The summed E-state index contributed by atoms with van der Waals surface area (Å²) in [5.74, 6) is 0.524. The summed E-state index contributed by atoms with van der Waals surface area (Å²) < 4.78 is 10.7. The highest BCUT2D eigenvalue weighted by Gasteiger charge is 2.19. The summed E-state index contributed by atoms with van der Waals surface area (Å²) in [5, 5.41) is 6.77. The van der Waals surface area contributed by atoms with Crippen LogP contribution < -0.4 is 5.32 Å². The molecule has 1 aliphatic rings. The Hall–Kier alpha value is -3.52. The number of hydrogen-bond donors (Lipinski definition) is 1. The molecule has 148 valence electrons. The molecule has 0 atom stereocenters. The first-order valence-electron chi connectivity index (χ1n) is 9.29. The van der Waals surface area contributed by atoms with Crippen molar-refractivity contribution in [3.63, 3.8) is 0 Å². The number of aromatic nitrogens is 2. The first-order chi connectivity index (χ1) is 14.1. The van der Waals surface area contributed by atoms with Gasteiger partial charge in [-0.05, 0) is 30.3 Å². The molecule has 1 fully saturated rings. The van der Waals surface area contributed by atoms with Gasteiger partial charge in [0.25, 0.3) is 11.8 Å². The second kappa shape index (κ2) is 8.24. The zero-order valence-corrected chi connectivity index (χ0v) is 15.9. The Morgan fingerprint density at radius 1 is 1.03 bits per heavy atom. The number of anilines is 1. The SMILES string of the molecule is CC(=O)Nc1cccc(-c2nc(-c3cccc(C(=O)N4CCOCC4)c3)no2)c1. The molecule has 29 heavy (non-hydrogen) atoms. The average molecular weight is 392 g/mol. The molecular formula is C21H20N4O4. The number of carbonyl (C=O) groups is 2. The largest absolute Gasteiger partial charge is 0.378 e. The Bertz CT molecular complexity index is 1040. The van der Waals surface area contributed by atoms with E-state index in [2.05, 4.69) is 15.5 Å². The molecule has 1 N–H and O–H groups in total. The normalized spacial score (nSPS) is 13.9. The molecule has 2 heterocycles. The summed E-state index contributed by atoms with van der Waals surface area (Å²) in [4.78, 5) is 30.2. The van der Waals surface area contributed by atoms with E-state index in [-0.39, 0.29) is 11.8 Å². The van der Waals surface area contributed by atoms with Crippen molar-refractivity contribution in [2.24, 2.45) is 0 Å². The maximum Gasteiger partial charge on any atom is 0.258 e. The van der Waals surface area contributed by atoms with Crippen molar-refractivity contribution in [3.8, 4) is 22.8 Å². The van der Waals surface area contributed by atoms with E-state index >= 15 is 0 Å². The van der Waals surface area contributed by atoms with Crippen LogP contribution in [0.2, 0.25) is 0 Å². The van der Waals surface area contributed by atoms with Crippen LogP contribution in [0.5, 0.6) is 0 Å². The van der Waals surface area contributed by atoms with Gasteiger partial charge in [0.05, 0.1) is 13.2 Å². The number of ether oxygens (including phenoxy) is 1. The summed E-state index contributed by atoms with van der Waals surface area (Å²) in [5.41, 5.74) is 2.60. The molecule has 2 aromatic carbocycles. The second-order valence-corrected chi connectivity index (χ2v) is 6.67. The van der Waals surface area contributed by atoms with Gasteiger partial charge in [-0.1, -0.05) is 23.4 Å². The van der Waals surface area contributed by atoms with Crippen LogP contribution in [0.1, 0.15) is 17.3 Å². The quantitative estimate of drug-likeness (QED) is 0.733. The van der Waals surface area contributed by atoms with Crippen LogP contribution in [0, 0.1) is 0 Å². The van der Waals surface area contributed by atoms with E-state index in [1.54, 1.807) is 41.3 Å². The Labute approximate surface area is 167 Å². The number of nitrogens with one attached hydrogen (secondary N) is 1. The van der Waals surface area contributed by atoms with E-state index in [9.17, 15) is 9.59 Å². The molecule has 0 saturated carbocycles. The van der Waals surface area contributed by atoms with E-state index in [0.29, 0.717) is 60.4 Å². The van der Waals surface area contributed by atoms with Crippen LogP contribution in [0.3, 0.4) is 0 Å². The van der Waals surface area contributed by atoms with Crippen molar-refractivity contribution in [2.75, 3.05) is 31.6 Å². The lowest BCUT2D eigenvalue weighted by Crippen LogP contribution is -2.40. The maximum absolute atomic E-state index is 12.7. The fraction of sp³-hybridized carbons (Fsp3) is 0.238. The van der Waals surface area contributed by atoms with Gasteiger partial charge in [-0.25, -0.2) is 0 Å². The number of benzene rings is 2. The van der Waals surface area contributed by atoms with Crippen molar-refractivity contribution in [1.82, 2.24) is 15.0 Å². The van der Waals surface area contributed by atoms with Gasteiger partial charge < -0.3 is 19.5 Å². The lowest BCUT2D eigenvalue weighted by Gasteiger charge is -2.26. The standard InChI is InChI=1S/C21H20N4O4/c1-14(26)22-18-7-3-5-16(13-18)20-23-19(24-29-20)15-4-2-6-17(12-15)21(27)25-8-10-28-11-9-25/h2-7,12-13H,8-11H2,1H3,(H,22,26). The molecule has 0 aliphatic carbocycles. The van der Waals surface area contributed by atoms with E-state index in [1.165, 1.54) is 6.92 Å². The third-order valence-electron chi connectivity index (χ3n) is 4.52. The van der Waals surface area contributed by atoms with Gasteiger partial charge in [-0.3, -0.25) is 9.59 Å². The van der Waals surface area contributed by atoms with Crippen LogP contribution in [0.15, 0.2) is 53.1 Å². The molecule has 0 radical (unpaired) electrons. The highest BCUT2D eigenvalue weighted by molar-refractivity contribution is 5.95. The van der Waals surface area contributed by atoms with Gasteiger partial charge in [0.1, 0.15) is 0 Å². The predicted molar refractivity (Wildman–Crippen MR) is 106 cm³/mol. The predicted octanol–water partition coefficient (Wildman–Crippen LogP) is 2.83. The summed E-state index contributed by atoms with van der Waals surface area (Å²) in [7, 11) is 0. The maximum atomic E-state index is 12.7. The highest BCUT2D eigenvalue weighted by Crippen LogP contribution is 2.25. The first-order valence-corrected chi connectivity index (χ1v) is 9.29. The van der Waals surface area contributed by atoms with Gasteiger partial charge in [-0.2, -0.15) is 4.98 Å². The Morgan fingerprint density at radius 2 is 1.79 bits per heavy atom. The molecule has 4 rings (SSSR count). The molecule has 0 bridgehead atoms. The molecule has 3 aromatic rings. The highest BCUT2D eigenvalue weighted by atomic mass is 16.5. The van der Waals surface area contributed by atoms with Crippen LogP contribution in [-0.2, 0) is 9.53 Å².